The summed E-state index contributed by atoms with van der Waals surface area (Å²) >= 11 is 6.05. The first-order chi connectivity index (χ1) is 9.74. The van der Waals surface area contributed by atoms with Crippen LogP contribution >= 0.6 is 11.6 Å². The Bertz CT molecular complexity index is 618. The fraction of sp³-hybridized carbons (Fsp3) is 0.200. The Morgan fingerprint density at radius 3 is 2.80 bits per heavy atom. The lowest BCUT2D eigenvalue weighted by Crippen LogP contribution is -2.12. The van der Waals surface area contributed by atoms with Crippen molar-refractivity contribution in [2.75, 3.05) is 18.7 Å². The molecule has 104 valence electrons. The van der Waals surface area contributed by atoms with Gasteiger partial charge >= 0.3 is 0 Å². The molecule has 2 aromatic carbocycles. The van der Waals surface area contributed by atoms with Crippen LogP contribution in [-0.2, 0) is 0 Å². The van der Waals surface area contributed by atoms with Crippen molar-refractivity contribution in [3.05, 3.63) is 53.1 Å². The van der Waals surface area contributed by atoms with E-state index in [0.717, 1.165) is 11.4 Å². The van der Waals surface area contributed by atoms with Crippen LogP contribution in [0.15, 0.2) is 42.5 Å². The van der Waals surface area contributed by atoms with E-state index in [1.54, 1.807) is 6.07 Å². The smallest absolute Gasteiger partial charge is 0.231 e. The van der Waals surface area contributed by atoms with Crippen molar-refractivity contribution >= 4 is 17.3 Å². The van der Waals surface area contributed by atoms with E-state index >= 15 is 0 Å². The molecule has 0 bridgehead atoms. The van der Waals surface area contributed by atoms with Crippen LogP contribution in [0, 0.1) is 0 Å². The third-order valence-electron chi connectivity index (χ3n) is 3.14. The largest absolute Gasteiger partial charge is 0.454 e. The molecule has 5 heteroatoms. The van der Waals surface area contributed by atoms with Gasteiger partial charge in [-0.05, 0) is 18.2 Å². The van der Waals surface area contributed by atoms with Gasteiger partial charge in [-0.3, -0.25) is 0 Å². The van der Waals surface area contributed by atoms with Crippen LogP contribution in [0.4, 0.5) is 5.69 Å². The Balaban J connectivity index is 1.66. The standard InChI is InChI=1S/C15H14ClNO3/c16-12-4-2-1-3-11(12)13(18)8-17-10-5-6-14-15(7-10)20-9-19-14/h1-7,13,17-18H,8-9H2. The third kappa shape index (κ3) is 2.66. The molecule has 3 rings (SSSR count). The van der Waals surface area contributed by atoms with Crippen molar-refractivity contribution in [1.82, 2.24) is 0 Å². The lowest BCUT2D eigenvalue weighted by Gasteiger charge is -2.14. The van der Waals surface area contributed by atoms with Gasteiger partial charge in [-0.2, -0.15) is 0 Å². The zero-order valence-corrected chi connectivity index (χ0v) is 11.4. The maximum absolute atomic E-state index is 10.2. The molecule has 0 amide bonds. The minimum Gasteiger partial charge on any atom is -0.454 e. The number of ether oxygens (including phenoxy) is 2. The normalized spacial score (nSPS) is 14.1. The summed E-state index contributed by atoms with van der Waals surface area (Å²) < 4.78 is 10.6. The summed E-state index contributed by atoms with van der Waals surface area (Å²) in [5.41, 5.74) is 1.57. The highest BCUT2D eigenvalue weighted by Crippen LogP contribution is 2.34. The van der Waals surface area contributed by atoms with Crippen molar-refractivity contribution in [2.45, 2.75) is 6.10 Å². The Hall–Kier alpha value is -1.91. The number of nitrogens with one attached hydrogen (secondary N) is 1. The van der Waals surface area contributed by atoms with Crippen molar-refractivity contribution in [1.29, 1.82) is 0 Å². The number of aliphatic hydroxyl groups is 1. The van der Waals surface area contributed by atoms with Gasteiger partial charge in [0.25, 0.3) is 0 Å². The number of halogens is 1. The zero-order chi connectivity index (χ0) is 13.9. The van der Waals surface area contributed by atoms with Crippen LogP contribution in [0.5, 0.6) is 11.5 Å². The summed E-state index contributed by atoms with van der Waals surface area (Å²) in [4.78, 5) is 0. The number of hydrogen-bond acceptors (Lipinski definition) is 4. The lowest BCUT2D eigenvalue weighted by molar-refractivity contribution is 0.174. The Kier molecular flexibility index (Phi) is 3.67. The minimum atomic E-state index is -0.672. The summed E-state index contributed by atoms with van der Waals surface area (Å²) in [5.74, 6) is 1.45. The van der Waals surface area contributed by atoms with E-state index in [4.69, 9.17) is 21.1 Å². The molecule has 0 saturated heterocycles. The molecule has 0 fully saturated rings. The molecule has 0 radical (unpaired) electrons. The third-order valence-corrected chi connectivity index (χ3v) is 3.48. The molecule has 2 aromatic rings. The van der Waals surface area contributed by atoms with Gasteiger partial charge in [0.1, 0.15) is 0 Å². The number of rotatable bonds is 4. The van der Waals surface area contributed by atoms with E-state index in [1.807, 2.05) is 36.4 Å². The van der Waals surface area contributed by atoms with Crippen molar-refractivity contribution < 1.29 is 14.6 Å². The summed E-state index contributed by atoms with van der Waals surface area (Å²) in [6, 6.07) is 12.8. The molecule has 1 heterocycles. The van der Waals surface area contributed by atoms with Gasteiger partial charge < -0.3 is 19.9 Å². The van der Waals surface area contributed by atoms with Crippen LogP contribution in [0.1, 0.15) is 11.7 Å². The Morgan fingerprint density at radius 1 is 1.15 bits per heavy atom. The molecule has 1 unspecified atom stereocenters. The van der Waals surface area contributed by atoms with E-state index in [-0.39, 0.29) is 6.79 Å². The molecule has 0 saturated carbocycles. The van der Waals surface area contributed by atoms with E-state index in [2.05, 4.69) is 5.32 Å². The molecule has 2 N–H and O–H groups in total. The van der Waals surface area contributed by atoms with Crippen LogP contribution < -0.4 is 14.8 Å². The van der Waals surface area contributed by atoms with E-state index < -0.39 is 6.10 Å². The average molecular weight is 292 g/mol. The maximum Gasteiger partial charge on any atom is 0.231 e. The van der Waals surface area contributed by atoms with Gasteiger partial charge in [-0.25, -0.2) is 0 Å². The highest BCUT2D eigenvalue weighted by Gasteiger charge is 2.14. The van der Waals surface area contributed by atoms with Gasteiger partial charge in [-0.15, -0.1) is 0 Å². The van der Waals surface area contributed by atoms with Gasteiger partial charge in [-0.1, -0.05) is 29.8 Å². The molecule has 1 atom stereocenters. The number of benzene rings is 2. The van der Waals surface area contributed by atoms with Gasteiger partial charge in [0.2, 0.25) is 6.79 Å². The number of fused-ring (bicyclic) bond motifs is 1. The molecular formula is C15H14ClNO3. The molecule has 20 heavy (non-hydrogen) atoms. The quantitative estimate of drug-likeness (QED) is 0.908. The van der Waals surface area contributed by atoms with Gasteiger partial charge in [0, 0.05) is 28.9 Å². The van der Waals surface area contributed by atoms with Crippen molar-refractivity contribution in [2.24, 2.45) is 0 Å². The number of anilines is 1. The zero-order valence-electron chi connectivity index (χ0n) is 10.7. The Morgan fingerprint density at radius 2 is 1.95 bits per heavy atom. The van der Waals surface area contributed by atoms with Crippen LogP contribution in [-0.4, -0.2) is 18.4 Å². The van der Waals surface area contributed by atoms with E-state index in [1.165, 1.54) is 0 Å². The highest BCUT2D eigenvalue weighted by atomic mass is 35.5. The second-order valence-corrected chi connectivity index (χ2v) is 4.89. The minimum absolute atomic E-state index is 0.251. The number of hydrogen-bond donors (Lipinski definition) is 2. The second-order valence-electron chi connectivity index (χ2n) is 4.49. The second kappa shape index (κ2) is 5.61. The van der Waals surface area contributed by atoms with Crippen molar-refractivity contribution in [3.63, 3.8) is 0 Å². The average Bonchev–Trinajstić information content (AvgIpc) is 2.92. The predicted molar refractivity (Wildman–Crippen MR) is 77.5 cm³/mol. The fourth-order valence-electron chi connectivity index (χ4n) is 2.08. The maximum atomic E-state index is 10.2. The summed E-state index contributed by atoms with van der Waals surface area (Å²) in [6.07, 6.45) is -0.672. The Labute approximate surface area is 121 Å². The highest BCUT2D eigenvalue weighted by molar-refractivity contribution is 6.31. The molecule has 1 aliphatic heterocycles. The summed E-state index contributed by atoms with van der Waals surface area (Å²) in [5, 5.41) is 13.9. The molecule has 0 aromatic heterocycles. The summed E-state index contributed by atoms with van der Waals surface area (Å²) in [7, 11) is 0. The predicted octanol–water partition coefficient (Wildman–Crippen LogP) is 3.21. The van der Waals surface area contributed by atoms with Gasteiger partial charge in [0.05, 0.1) is 6.10 Å². The van der Waals surface area contributed by atoms with Gasteiger partial charge in [0.15, 0.2) is 11.5 Å². The fourth-order valence-corrected chi connectivity index (χ4v) is 2.34. The first-order valence-corrected chi connectivity index (χ1v) is 6.68. The molecule has 0 aliphatic carbocycles. The van der Waals surface area contributed by atoms with Crippen LogP contribution in [0.2, 0.25) is 5.02 Å². The van der Waals surface area contributed by atoms with E-state index in [9.17, 15) is 5.11 Å². The first kappa shape index (κ1) is 13.1. The first-order valence-electron chi connectivity index (χ1n) is 6.30. The topological polar surface area (TPSA) is 50.7 Å². The lowest BCUT2D eigenvalue weighted by atomic mass is 10.1. The van der Waals surface area contributed by atoms with Crippen LogP contribution in [0.3, 0.4) is 0 Å². The molecular weight excluding hydrogens is 278 g/mol. The SMILES string of the molecule is OC(CNc1ccc2c(c1)OCO2)c1ccccc1Cl. The monoisotopic (exact) mass is 291 g/mol. The molecule has 0 spiro atoms. The molecule has 1 aliphatic rings. The molecule has 4 nitrogen and oxygen atoms in total. The van der Waals surface area contributed by atoms with E-state index in [0.29, 0.717) is 22.9 Å². The van der Waals surface area contributed by atoms with Crippen molar-refractivity contribution in [3.8, 4) is 11.5 Å². The number of aliphatic hydroxyl groups excluding tert-OH is 1. The summed E-state index contributed by atoms with van der Waals surface area (Å²) in [6.45, 7) is 0.615. The van der Waals surface area contributed by atoms with Crippen LogP contribution in [0.25, 0.3) is 0 Å².